The number of benzene rings is 1. The van der Waals surface area contributed by atoms with Crippen LogP contribution in [-0.4, -0.2) is 58.5 Å². The maximum Gasteiger partial charge on any atom is 0.263 e. The van der Waals surface area contributed by atoms with Crippen molar-refractivity contribution in [3.8, 4) is 0 Å². The topological polar surface area (TPSA) is 104 Å². The summed E-state index contributed by atoms with van der Waals surface area (Å²) in [6.45, 7) is 1.25. The zero-order valence-electron chi connectivity index (χ0n) is 16.1. The van der Waals surface area contributed by atoms with Crippen molar-refractivity contribution in [2.75, 3.05) is 13.1 Å². The van der Waals surface area contributed by atoms with Gasteiger partial charge in [0.05, 0.1) is 16.7 Å². The van der Waals surface area contributed by atoms with E-state index in [1.807, 2.05) is 0 Å². The van der Waals surface area contributed by atoms with Gasteiger partial charge in [-0.1, -0.05) is 25.3 Å². The number of carbonyl (C=O) groups excluding carboxylic acids is 5. The molecule has 5 amide bonds. The molecule has 0 radical (unpaired) electrons. The van der Waals surface area contributed by atoms with Gasteiger partial charge in [0.1, 0.15) is 6.04 Å². The molecule has 1 aromatic rings. The fourth-order valence-electron chi connectivity index (χ4n) is 4.31. The predicted molar refractivity (Wildman–Crippen MR) is 102 cm³/mol. The molecule has 0 bridgehead atoms. The third-order valence-electron chi connectivity index (χ3n) is 5.84. The number of piperidine rings is 1. The Morgan fingerprint density at radius 1 is 0.931 bits per heavy atom. The van der Waals surface area contributed by atoms with Crippen molar-refractivity contribution in [3.63, 3.8) is 0 Å². The Balaban J connectivity index is 1.65. The SMILES string of the molecule is O=C1CCC(N2C(=O)c3cccc(C(=O)N4CCCCCCC4)c3C2=O)C(=O)N1. The summed E-state index contributed by atoms with van der Waals surface area (Å²) in [6, 6.07) is 3.63. The van der Waals surface area contributed by atoms with Crippen molar-refractivity contribution in [2.45, 2.75) is 51.0 Å². The largest absolute Gasteiger partial charge is 0.339 e. The number of likely N-dealkylation sites (tertiary alicyclic amines) is 1. The summed E-state index contributed by atoms with van der Waals surface area (Å²) < 4.78 is 0. The fraction of sp³-hybridized carbons (Fsp3) is 0.476. The van der Waals surface area contributed by atoms with Crippen molar-refractivity contribution in [3.05, 3.63) is 34.9 Å². The summed E-state index contributed by atoms with van der Waals surface area (Å²) in [7, 11) is 0. The molecule has 8 heteroatoms. The average molecular weight is 397 g/mol. The van der Waals surface area contributed by atoms with Crippen LogP contribution in [-0.2, 0) is 9.59 Å². The molecule has 2 saturated heterocycles. The number of imide groups is 2. The van der Waals surface area contributed by atoms with Crippen LogP contribution in [0.15, 0.2) is 18.2 Å². The second-order valence-electron chi connectivity index (χ2n) is 7.74. The Morgan fingerprint density at radius 3 is 2.31 bits per heavy atom. The highest BCUT2D eigenvalue weighted by Crippen LogP contribution is 2.30. The van der Waals surface area contributed by atoms with E-state index in [-0.39, 0.29) is 35.4 Å². The van der Waals surface area contributed by atoms with Gasteiger partial charge in [0, 0.05) is 19.5 Å². The number of fused-ring (bicyclic) bond motifs is 1. The van der Waals surface area contributed by atoms with Crippen LogP contribution < -0.4 is 5.32 Å². The molecule has 8 nitrogen and oxygen atoms in total. The summed E-state index contributed by atoms with van der Waals surface area (Å²) in [5.74, 6) is -2.57. The highest BCUT2D eigenvalue weighted by Gasteiger charge is 2.46. The molecule has 0 aliphatic carbocycles. The van der Waals surface area contributed by atoms with Crippen molar-refractivity contribution in [1.29, 1.82) is 0 Å². The van der Waals surface area contributed by atoms with Crippen molar-refractivity contribution >= 4 is 29.5 Å². The van der Waals surface area contributed by atoms with Gasteiger partial charge in [-0.25, -0.2) is 0 Å². The Labute approximate surface area is 168 Å². The van der Waals surface area contributed by atoms with E-state index in [0.29, 0.717) is 13.1 Å². The first-order chi connectivity index (χ1) is 14.0. The Kier molecular flexibility index (Phi) is 5.17. The average Bonchev–Trinajstić information content (AvgIpc) is 2.92. The molecule has 29 heavy (non-hydrogen) atoms. The highest BCUT2D eigenvalue weighted by molar-refractivity contribution is 6.26. The number of rotatable bonds is 2. The minimum atomic E-state index is -1.04. The van der Waals surface area contributed by atoms with Gasteiger partial charge in [0.25, 0.3) is 17.7 Å². The van der Waals surface area contributed by atoms with Crippen LogP contribution >= 0.6 is 0 Å². The van der Waals surface area contributed by atoms with Gasteiger partial charge in [0.2, 0.25) is 11.8 Å². The molecule has 4 rings (SSSR count). The summed E-state index contributed by atoms with van der Waals surface area (Å²) in [4.78, 5) is 65.5. The van der Waals surface area contributed by atoms with E-state index in [2.05, 4.69) is 5.32 Å². The predicted octanol–water partition coefficient (Wildman–Crippen LogP) is 1.49. The van der Waals surface area contributed by atoms with Crippen LogP contribution in [0.5, 0.6) is 0 Å². The number of nitrogens with one attached hydrogen (secondary N) is 1. The van der Waals surface area contributed by atoms with E-state index in [1.165, 1.54) is 6.07 Å². The maximum atomic E-state index is 13.2. The lowest BCUT2D eigenvalue weighted by molar-refractivity contribution is -0.136. The molecule has 1 unspecified atom stereocenters. The second-order valence-corrected chi connectivity index (χ2v) is 7.74. The van der Waals surface area contributed by atoms with E-state index < -0.39 is 29.7 Å². The first-order valence-electron chi connectivity index (χ1n) is 10.1. The molecule has 3 aliphatic rings. The number of amides is 5. The van der Waals surface area contributed by atoms with Gasteiger partial charge in [0.15, 0.2) is 0 Å². The van der Waals surface area contributed by atoms with E-state index in [1.54, 1.807) is 17.0 Å². The number of hydrogen-bond acceptors (Lipinski definition) is 5. The van der Waals surface area contributed by atoms with Gasteiger partial charge in [-0.3, -0.25) is 34.2 Å². The van der Waals surface area contributed by atoms with E-state index in [9.17, 15) is 24.0 Å². The van der Waals surface area contributed by atoms with Crippen LogP contribution in [0.3, 0.4) is 0 Å². The zero-order chi connectivity index (χ0) is 20.5. The van der Waals surface area contributed by atoms with E-state index in [4.69, 9.17) is 0 Å². The van der Waals surface area contributed by atoms with Crippen LogP contribution in [0.4, 0.5) is 0 Å². The standard InChI is InChI=1S/C21H23N3O5/c25-16-10-9-15(18(26)22-16)24-20(28)14-8-6-7-13(17(14)21(24)29)19(27)23-11-4-2-1-3-5-12-23/h6-8,15H,1-5,9-12H2,(H,22,25,26). The molecule has 1 aromatic carbocycles. The van der Waals surface area contributed by atoms with Crippen molar-refractivity contribution in [1.82, 2.24) is 15.1 Å². The van der Waals surface area contributed by atoms with Gasteiger partial charge in [-0.15, -0.1) is 0 Å². The summed E-state index contributed by atoms with van der Waals surface area (Å²) in [5, 5.41) is 2.18. The minimum absolute atomic E-state index is 0.0589. The molecule has 1 atom stereocenters. The smallest absolute Gasteiger partial charge is 0.263 e. The number of hydrogen-bond donors (Lipinski definition) is 1. The molecule has 0 aromatic heterocycles. The monoisotopic (exact) mass is 397 g/mol. The van der Waals surface area contributed by atoms with E-state index in [0.717, 1.165) is 37.0 Å². The Bertz CT molecular complexity index is 902. The molecule has 3 aliphatic heterocycles. The van der Waals surface area contributed by atoms with Gasteiger partial charge < -0.3 is 4.90 Å². The van der Waals surface area contributed by atoms with Crippen molar-refractivity contribution in [2.24, 2.45) is 0 Å². The summed E-state index contributed by atoms with van der Waals surface area (Å²) in [5.41, 5.74) is 0.406. The maximum absolute atomic E-state index is 13.2. The zero-order valence-corrected chi connectivity index (χ0v) is 16.1. The normalized spacial score (nSPS) is 22.8. The molecular weight excluding hydrogens is 374 g/mol. The van der Waals surface area contributed by atoms with Gasteiger partial charge in [-0.05, 0) is 31.4 Å². The second kappa shape index (κ2) is 7.77. The third-order valence-corrected chi connectivity index (χ3v) is 5.84. The molecule has 2 fully saturated rings. The Hall–Kier alpha value is -3.03. The van der Waals surface area contributed by atoms with E-state index >= 15 is 0 Å². The fourth-order valence-corrected chi connectivity index (χ4v) is 4.31. The lowest BCUT2D eigenvalue weighted by atomic mass is 10.0. The minimum Gasteiger partial charge on any atom is -0.339 e. The molecule has 152 valence electrons. The lowest BCUT2D eigenvalue weighted by Crippen LogP contribution is -2.54. The number of nitrogens with zero attached hydrogens (tertiary/aromatic N) is 2. The molecule has 1 N–H and O–H groups in total. The van der Waals surface area contributed by atoms with Gasteiger partial charge in [-0.2, -0.15) is 0 Å². The van der Waals surface area contributed by atoms with Crippen LogP contribution in [0.1, 0.15) is 76.0 Å². The Morgan fingerprint density at radius 2 is 1.62 bits per heavy atom. The van der Waals surface area contributed by atoms with Crippen LogP contribution in [0.2, 0.25) is 0 Å². The first kappa shape index (κ1) is 19.3. The molecule has 3 heterocycles. The number of carbonyl (C=O) groups is 5. The lowest BCUT2D eigenvalue weighted by Gasteiger charge is -2.28. The van der Waals surface area contributed by atoms with Crippen LogP contribution in [0.25, 0.3) is 0 Å². The quantitative estimate of drug-likeness (QED) is 0.762. The molecule has 0 spiro atoms. The van der Waals surface area contributed by atoms with Crippen LogP contribution in [0, 0.1) is 0 Å². The highest BCUT2D eigenvalue weighted by atomic mass is 16.2. The third kappa shape index (κ3) is 3.43. The molecular formula is C21H23N3O5. The van der Waals surface area contributed by atoms with Gasteiger partial charge >= 0.3 is 0 Å². The first-order valence-corrected chi connectivity index (χ1v) is 10.1. The van der Waals surface area contributed by atoms with Crippen molar-refractivity contribution < 1.29 is 24.0 Å². The molecule has 0 saturated carbocycles. The summed E-state index contributed by atoms with van der Waals surface area (Å²) >= 11 is 0. The summed E-state index contributed by atoms with van der Waals surface area (Å²) in [6.07, 6.45) is 5.27.